The number of amides is 4. The normalized spacial score (nSPS) is 16.4. The van der Waals surface area contributed by atoms with Crippen molar-refractivity contribution in [3.8, 4) is 10.4 Å². The Kier molecular flexibility index (Phi) is 5.69. The van der Waals surface area contributed by atoms with Gasteiger partial charge in [0.2, 0.25) is 0 Å². The lowest BCUT2D eigenvalue weighted by Crippen LogP contribution is -2.46. The van der Waals surface area contributed by atoms with Crippen molar-refractivity contribution in [2.75, 3.05) is 24.1 Å². The zero-order valence-electron chi connectivity index (χ0n) is 15.0. The van der Waals surface area contributed by atoms with Crippen LogP contribution in [0.15, 0.2) is 30.3 Å². The number of nitrogens with zero attached hydrogens (tertiary/aromatic N) is 1. The molecule has 148 valence electrons. The number of hydrogen-bond acceptors (Lipinski definition) is 6. The van der Waals surface area contributed by atoms with E-state index in [9.17, 15) is 14.4 Å². The Morgan fingerprint density at radius 3 is 2.68 bits per heavy atom. The van der Waals surface area contributed by atoms with Crippen molar-refractivity contribution < 1.29 is 19.1 Å². The molecule has 1 saturated heterocycles. The van der Waals surface area contributed by atoms with Crippen LogP contribution in [0, 0.1) is 0 Å². The molecule has 1 aromatic carbocycles. The van der Waals surface area contributed by atoms with Crippen LogP contribution in [0.5, 0.6) is 0 Å². The first-order chi connectivity index (χ1) is 13.3. The van der Waals surface area contributed by atoms with Gasteiger partial charge < -0.3 is 32.2 Å². The summed E-state index contributed by atoms with van der Waals surface area (Å²) in [5, 5.41) is 2.46. The molecular formula is C18H21N5O4S. The molecule has 1 aliphatic rings. The molecule has 1 fully saturated rings. The van der Waals surface area contributed by atoms with Gasteiger partial charge in [-0.05, 0) is 36.6 Å². The summed E-state index contributed by atoms with van der Waals surface area (Å²) in [5.41, 5.74) is 18.0. The van der Waals surface area contributed by atoms with Gasteiger partial charge >= 0.3 is 18.0 Å². The molecule has 0 bridgehead atoms. The highest BCUT2D eigenvalue weighted by Gasteiger charge is 2.27. The molecule has 0 radical (unpaired) electrons. The number of primary amides is 2. The van der Waals surface area contributed by atoms with Crippen molar-refractivity contribution in [2.24, 2.45) is 11.5 Å². The van der Waals surface area contributed by atoms with E-state index in [1.807, 2.05) is 6.07 Å². The topological polar surface area (TPSA) is 154 Å². The lowest BCUT2D eigenvalue weighted by molar-refractivity contribution is 0.0134. The molecule has 0 saturated carbocycles. The van der Waals surface area contributed by atoms with Crippen molar-refractivity contribution in [3.05, 3.63) is 35.2 Å². The van der Waals surface area contributed by atoms with Crippen molar-refractivity contribution in [1.82, 2.24) is 4.90 Å². The van der Waals surface area contributed by atoms with E-state index < -0.39 is 24.1 Å². The molecule has 4 amide bonds. The fraction of sp³-hybridized carbons (Fsp3) is 0.278. The van der Waals surface area contributed by atoms with E-state index in [0.29, 0.717) is 25.1 Å². The van der Waals surface area contributed by atoms with Gasteiger partial charge in [-0.3, -0.25) is 0 Å². The summed E-state index contributed by atoms with van der Waals surface area (Å²) in [6.07, 6.45) is 0.849. The second kappa shape index (κ2) is 8.17. The van der Waals surface area contributed by atoms with Crippen LogP contribution >= 0.6 is 11.3 Å². The summed E-state index contributed by atoms with van der Waals surface area (Å²) in [6, 6.07) is 7.47. The summed E-state index contributed by atoms with van der Waals surface area (Å²) in [6.45, 7) is 0.781. The number of nitrogens with two attached hydrogens (primary N) is 3. The van der Waals surface area contributed by atoms with E-state index in [4.69, 9.17) is 21.9 Å². The predicted octanol–water partition coefficient (Wildman–Crippen LogP) is 2.19. The summed E-state index contributed by atoms with van der Waals surface area (Å²) in [5.74, 6) is -0.597. The summed E-state index contributed by atoms with van der Waals surface area (Å²) in [7, 11) is 0. The Bertz CT molecular complexity index is 913. The third-order valence-corrected chi connectivity index (χ3v) is 5.47. The first-order valence-corrected chi connectivity index (χ1v) is 9.46. The number of nitrogens with one attached hydrogen (secondary N) is 1. The molecule has 0 aliphatic carbocycles. The number of ether oxygens (including phenoxy) is 1. The first kappa shape index (κ1) is 19.5. The number of carbonyl (C=O) groups excluding carboxylic acids is 3. The third kappa shape index (κ3) is 4.52. The van der Waals surface area contributed by atoms with Crippen LogP contribution in [0.2, 0.25) is 0 Å². The zero-order chi connectivity index (χ0) is 20.3. The Morgan fingerprint density at radius 2 is 2.00 bits per heavy atom. The van der Waals surface area contributed by atoms with E-state index in [-0.39, 0.29) is 17.1 Å². The van der Waals surface area contributed by atoms with Crippen molar-refractivity contribution in [2.45, 2.75) is 18.9 Å². The number of anilines is 2. The van der Waals surface area contributed by atoms with Crippen LogP contribution in [0.3, 0.4) is 0 Å². The highest BCUT2D eigenvalue weighted by atomic mass is 32.1. The molecule has 10 heteroatoms. The van der Waals surface area contributed by atoms with Crippen LogP contribution in [-0.2, 0) is 4.74 Å². The van der Waals surface area contributed by atoms with Gasteiger partial charge in [0.15, 0.2) is 0 Å². The quantitative estimate of drug-likeness (QED) is 0.455. The van der Waals surface area contributed by atoms with Gasteiger partial charge in [-0.2, -0.15) is 0 Å². The molecule has 1 aromatic heterocycles. The number of thiophene rings is 1. The summed E-state index contributed by atoms with van der Waals surface area (Å²) < 4.78 is 5.56. The van der Waals surface area contributed by atoms with Gasteiger partial charge in [0.05, 0.1) is 12.2 Å². The van der Waals surface area contributed by atoms with E-state index in [1.165, 1.54) is 4.90 Å². The molecule has 1 atom stereocenters. The van der Waals surface area contributed by atoms with Crippen LogP contribution < -0.4 is 22.5 Å². The Morgan fingerprint density at radius 1 is 1.21 bits per heavy atom. The average molecular weight is 403 g/mol. The highest BCUT2D eigenvalue weighted by Crippen LogP contribution is 2.36. The predicted molar refractivity (Wildman–Crippen MR) is 107 cm³/mol. The average Bonchev–Trinajstić information content (AvgIpc) is 3.05. The minimum Gasteiger partial charge on any atom is -0.456 e. The maximum Gasteiger partial charge on any atom is 0.350 e. The standard InChI is InChI=1S/C18H21N5O4S/c19-11-4-1-3-10(7-11)14-8-13(22-17(20)25)15(28-14)16(24)27-12-5-2-6-23(9-12)18(21)26/h1,3-4,7-8,12H,2,5-6,9,19H2,(H2,21,26)(H3,20,22,25). The SMILES string of the molecule is NC(=O)Nc1cc(-c2cccc(N)c2)sc1C(=O)OC1CCCN(C(N)=O)C1. The molecule has 1 unspecified atom stereocenters. The van der Waals surface area contributed by atoms with Gasteiger partial charge in [0, 0.05) is 17.1 Å². The second-order valence-electron chi connectivity index (χ2n) is 6.42. The number of likely N-dealkylation sites (tertiary alicyclic amines) is 1. The summed E-state index contributed by atoms with van der Waals surface area (Å²) in [4.78, 5) is 37.8. The number of carbonyl (C=O) groups is 3. The monoisotopic (exact) mass is 403 g/mol. The van der Waals surface area contributed by atoms with Gasteiger partial charge in [0.25, 0.3) is 0 Å². The van der Waals surface area contributed by atoms with Gasteiger partial charge in [-0.25, -0.2) is 14.4 Å². The van der Waals surface area contributed by atoms with E-state index in [1.54, 1.807) is 24.3 Å². The number of piperidine rings is 1. The molecule has 1 aliphatic heterocycles. The number of nitrogen functional groups attached to an aromatic ring is 1. The largest absolute Gasteiger partial charge is 0.456 e. The maximum atomic E-state index is 12.7. The van der Waals surface area contributed by atoms with Crippen molar-refractivity contribution in [3.63, 3.8) is 0 Å². The van der Waals surface area contributed by atoms with Crippen LogP contribution in [0.25, 0.3) is 10.4 Å². The fourth-order valence-electron chi connectivity index (χ4n) is 3.04. The Balaban J connectivity index is 1.83. The molecule has 9 nitrogen and oxygen atoms in total. The second-order valence-corrected chi connectivity index (χ2v) is 7.47. The molecule has 0 spiro atoms. The van der Waals surface area contributed by atoms with Crippen LogP contribution in [-0.4, -0.2) is 42.1 Å². The van der Waals surface area contributed by atoms with E-state index in [2.05, 4.69) is 5.32 Å². The van der Waals surface area contributed by atoms with Gasteiger partial charge in [-0.1, -0.05) is 12.1 Å². The molecule has 2 heterocycles. The third-order valence-electron chi connectivity index (χ3n) is 4.31. The summed E-state index contributed by atoms with van der Waals surface area (Å²) >= 11 is 1.16. The van der Waals surface area contributed by atoms with Gasteiger partial charge in [0.1, 0.15) is 11.0 Å². The van der Waals surface area contributed by atoms with E-state index in [0.717, 1.165) is 21.8 Å². The fourth-order valence-corrected chi connectivity index (χ4v) is 4.03. The number of benzene rings is 1. The van der Waals surface area contributed by atoms with Crippen molar-refractivity contribution in [1.29, 1.82) is 0 Å². The van der Waals surface area contributed by atoms with Crippen LogP contribution in [0.1, 0.15) is 22.5 Å². The molecule has 28 heavy (non-hydrogen) atoms. The Labute approximate surface area is 165 Å². The Hall–Kier alpha value is -3.27. The lowest BCUT2D eigenvalue weighted by Gasteiger charge is -2.31. The highest BCUT2D eigenvalue weighted by molar-refractivity contribution is 7.18. The maximum absolute atomic E-state index is 12.7. The minimum atomic E-state index is -0.788. The van der Waals surface area contributed by atoms with Gasteiger partial charge in [-0.15, -0.1) is 11.3 Å². The zero-order valence-corrected chi connectivity index (χ0v) is 15.8. The lowest BCUT2D eigenvalue weighted by atomic mass is 10.1. The number of rotatable bonds is 4. The number of hydrogen-bond donors (Lipinski definition) is 4. The molecular weight excluding hydrogens is 382 g/mol. The first-order valence-electron chi connectivity index (χ1n) is 8.65. The molecule has 2 aromatic rings. The van der Waals surface area contributed by atoms with E-state index >= 15 is 0 Å². The molecule has 3 rings (SSSR count). The number of esters is 1. The van der Waals surface area contributed by atoms with Crippen molar-refractivity contribution >= 4 is 40.7 Å². The molecule has 7 N–H and O–H groups in total. The minimum absolute atomic E-state index is 0.215. The van der Waals surface area contributed by atoms with Crippen LogP contribution in [0.4, 0.5) is 21.0 Å². The number of urea groups is 2. The smallest absolute Gasteiger partial charge is 0.350 e.